The molecule has 1 unspecified atom stereocenters. The summed E-state index contributed by atoms with van der Waals surface area (Å²) in [7, 11) is 1.42. The molecule has 0 bridgehead atoms. The van der Waals surface area contributed by atoms with Crippen molar-refractivity contribution in [2.24, 2.45) is 4.99 Å². The highest BCUT2D eigenvalue weighted by atomic mass is 32.1. The smallest absolute Gasteiger partial charge is 0.338 e. The maximum Gasteiger partial charge on any atom is 0.338 e. The fourth-order valence-corrected chi connectivity index (χ4v) is 6.58. The van der Waals surface area contributed by atoms with Crippen molar-refractivity contribution in [1.82, 2.24) is 4.57 Å². The van der Waals surface area contributed by atoms with Gasteiger partial charge in [0.05, 0.1) is 48.8 Å². The van der Waals surface area contributed by atoms with Crippen molar-refractivity contribution >= 4 is 34.5 Å². The molecular weight excluding hydrogens is 554 g/mol. The molecule has 10 heteroatoms. The number of methoxy groups -OCH3 is 1. The molecule has 2 aliphatic heterocycles. The van der Waals surface area contributed by atoms with Gasteiger partial charge in [-0.3, -0.25) is 14.2 Å². The number of rotatable bonds is 6. The molecule has 1 atom stereocenters. The van der Waals surface area contributed by atoms with Crippen molar-refractivity contribution in [2.45, 2.75) is 26.4 Å². The number of benzene rings is 3. The van der Waals surface area contributed by atoms with E-state index in [1.165, 1.54) is 17.7 Å². The van der Waals surface area contributed by atoms with Gasteiger partial charge in [-0.1, -0.05) is 65.9 Å². The number of allylic oxidation sites excluding steroid dienone is 1. The Balaban J connectivity index is 1.59. The lowest BCUT2D eigenvalue weighted by molar-refractivity contribution is -0.139. The average molecular weight is 582 g/mol. The maximum atomic E-state index is 14.3. The van der Waals surface area contributed by atoms with Gasteiger partial charge in [0.1, 0.15) is 4.53 Å². The molecule has 9 nitrogen and oxygen atoms in total. The minimum Gasteiger partial charge on any atom is -0.504 e. The number of phenols is 1. The summed E-state index contributed by atoms with van der Waals surface area (Å²) in [5.74, 6) is -0.785. The number of aromatic nitrogens is 1. The number of para-hydroxylation sites is 1. The highest BCUT2D eigenvalue weighted by Gasteiger charge is 2.37. The summed E-state index contributed by atoms with van der Waals surface area (Å²) in [4.78, 5) is 48.2. The summed E-state index contributed by atoms with van der Waals surface area (Å²) in [5.41, 5.74) is 3.28. The molecule has 3 heterocycles. The van der Waals surface area contributed by atoms with Crippen molar-refractivity contribution in [1.29, 1.82) is 0 Å². The largest absolute Gasteiger partial charge is 0.504 e. The molecule has 42 heavy (non-hydrogen) atoms. The SMILES string of the molecule is CCOC(=O)C1=C(C)N=c2sc(=C3C(=O)N(Cc4ccccc4)c4ccccc43)c(=O)n2C1c1ccc(O)c(OC)c1. The van der Waals surface area contributed by atoms with E-state index in [0.717, 1.165) is 22.6 Å². The van der Waals surface area contributed by atoms with Crippen LogP contribution in [0.15, 0.2) is 93.9 Å². The lowest BCUT2D eigenvalue weighted by atomic mass is 9.95. The van der Waals surface area contributed by atoms with Crippen molar-refractivity contribution in [3.63, 3.8) is 0 Å². The number of anilines is 1. The van der Waals surface area contributed by atoms with Gasteiger partial charge in [0.2, 0.25) is 0 Å². The number of esters is 1. The zero-order valence-corrected chi connectivity index (χ0v) is 24.0. The van der Waals surface area contributed by atoms with Gasteiger partial charge < -0.3 is 19.5 Å². The normalized spacial score (nSPS) is 17.1. The molecule has 6 rings (SSSR count). The third-order valence-corrected chi connectivity index (χ3v) is 8.40. The van der Waals surface area contributed by atoms with Gasteiger partial charge in [-0.2, -0.15) is 0 Å². The van der Waals surface area contributed by atoms with Gasteiger partial charge >= 0.3 is 5.97 Å². The Labute approximate surface area is 244 Å². The molecule has 2 aliphatic rings. The van der Waals surface area contributed by atoms with Crippen LogP contribution in [0.25, 0.3) is 5.57 Å². The number of carbonyl (C=O) groups excluding carboxylic acids is 2. The van der Waals surface area contributed by atoms with Crippen LogP contribution >= 0.6 is 11.3 Å². The molecule has 0 saturated carbocycles. The molecular formula is C32H27N3O6S. The van der Waals surface area contributed by atoms with Crippen LogP contribution in [0, 0.1) is 0 Å². The average Bonchev–Trinajstić information content (AvgIpc) is 3.45. The Morgan fingerprint density at radius 2 is 1.79 bits per heavy atom. The molecule has 0 fully saturated rings. The van der Waals surface area contributed by atoms with E-state index in [1.807, 2.05) is 54.6 Å². The Bertz CT molecular complexity index is 1960. The number of hydrogen-bond acceptors (Lipinski definition) is 8. The monoisotopic (exact) mass is 581 g/mol. The van der Waals surface area contributed by atoms with Crippen LogP contribution in [0.5, 0.6) is 11.5 Å². The fourth-order valence-electron chi connectivity index (χ4n) is 5.44. The summed E-state index contributed by atoms with van der Waals surface area (Å²) in [6, 6.07) is 20.8. The Morgan fingerprint density at radius 3 is 2.52 bits per heavy atom. The number of ether oxygens (including phenoxy) is 2. The Kier molecular flexibility index (Phi) is 6.99. The van der Waals surface area contributed by atoms with E-state index in [1.54, 1.807) is 30.9 Å². The van der Waals surface area contributed by atoms with Gasteiger partial charge in [0, 0.05) is 5.56 Å². The topological polar surface area (TPSA) is 110 Å². The van der Waals surface area contributed by atoms with E-state index < -0.39 is 17.6 Å². The molecule has 0 spiro atoms. The molecule has 3 aromatic carbocycles. The second-order valence-electron chi connectivity index (χ2n) is 9.82. The number of thiazole rings is 1. The van der Waals surface area contributed by atoms with Crippen LogP contribution < -0.4 is 24.5 Å². The van der Waals surface area contributed by atoms with Crippen LogP contribution in [-0.4, -0.2) is 35.3 Å². The van der Waals surface area contributed by atoms with E-state index in [-0.39, 0.29) is 34.1 Å². The molecule has 0 aliphatic carbocycles. The summed E-state index contributed by atoms with van der Waals surface area (Å²) in [5, 5.41) is 10.2. The summed E-state index contributed by atoms with van der Waals surface area (Å²) in [6.45, 7) is 3.88. The van der Waals surface area contributed by atoms with Gasteiger partial charge in [0.15, 0.2) is 16.3 Å². The lowest BCUT2D eigenvalue weighted by Crippen LogP contribution is -2.41. The van der Waals surface area contributed by atoms with Crippen LogP contribution in [0.1, 0.15) is 36.6 Å². The van der Waals surface area contributed by atoms with Crippen LogP contribution in [0.4, 0.5) is 5.69 Å². The zero-order chi connectivity index (χ0) is 29.5. The summed E-state index contributed by atoms with van der Waals surface area (Å²) < 4.78 is 12.3. The van der Waals surface area contributed by atoms with E-state index in [9.17, 15) is 19.5 Å². The number of amides is 1. The van der Waals surface area contributed by atoms with E-state index in [2.05, 4.69) is 4.99 Å². The number of carbonyl (C=O) groups is 2. The zero-order valence-electron chi connectivity index (χ0n) is 23.2. The first-order valence-corrected chi connectivity index (χ1v) is 14.2. The molecule has 1 aromatic heterocycles. The molecule has 1 N–H and O–H groups in total. The predicted molar refractivity (Wildman–Crippen MR) is 158 cm³/mol. The minimum absolute atomic E-state index is 0.0825. The van der Waals surface area contributed by atoms with E-state index in [4.69, 9.17) is 9.47 Å². The Hall–Kier alpha value is -4.96. The van der Waals surface area contributed by atoms with Gasteiger partial charge in [0.25, 0.3) is 11.5 Å². The number of hydrogen-bond donors (Lipinski definition) is 1. The first-order valence-electron chi connectivity index (χ1n) is 13.4. The first-order chi connectivity index (χ1) is 20.3. The molecule has 1 amide bonds. The highest BCUT2D eigenvalue weighted by molar-refractivity contribution is 7.07. The van der Waals surface area contributed by atoms with Crippen LogP contribution in [0.3, 0.4) is 0 Å². The number of aromatic hydroxyl groups is 1. The van der Waals surface area contributed by atoms with Crippen LogP contribution in [0.2, 0.25) is 0 Å². The predicted octanol–water partition coefficient (Wildman–Crippen LogP) is 3.43. The van der Waals surface area contributed by atoms with Gasteiger partial charge in [-0.05, 0) is 43.2 Å². The first kappa shape index (κ1) is 27.2. The molecule has 0 saturated heterocycles. The standard InChI is InChI=1S/C32H27N3O6S/c1-4-41-31(39)25-18(2)33-32-35(27(25)20-14-15-23(36)24(16-20)40-3)30(38)28(42-32)26-21-12-8-9-13-22(21)34(29(26)37)17-19-10-6-5-7-11-19/h5-16,27,36H,4,17H2,1-3H3. The second-order valence-corrected chi connectivity index (χ2v) is 10.8. The van der Waals surface area contributed by atoms with Gasteiger partial charge in [-0.15, -0.1) is 0 Å². The summed E-state index contributed by atoms with van der Waals surface area (Å²) >= 11 is 1.11. The quantitative estimate of drug-likeness (QED) is 0.350. The highest BCUT2D eigenvalue weighted by Crippen LogP contribution is 2.38. The molecule has 212 valence electrons. The van der Waals surface area contributed by atoms with Crippen LogP contribution in [-0.2, 0) is 20.9 Å². The molecule has 4 aromatic rings. The number of phenolic OH excluding ortho intramolecular Hbond substituents is 1. The third-order valence-electron chi connectivity index (χ3n) is 7.35. The van der Waals surface area contributed by atoms with Crippen molar-refractivity contribution < 1.29 is 24.2 Å². The minimum atomic E-state index is -0.920. The Morgan fingerprint density at radius 1 is 1.05 bits per heavy atom. The van der Waals surface area contributed by atoms with Crippen molar-refractivity contribution in [3.05, 3.63) is 120 Å². The third kappa shape index (κ3) is 4.40. The maximum absolute atomic E-state index is 14.3. The molecule has 0 radical (unpaired) electrons. The number of fused-ring (bicyclic) bond motifs is 2. The lowest BCUT2D eigenvalue weighted by Gasteiger charge is -2.25. The van der Waals surface area contributed by atoms with Crippen molar-refractivity contribution in [3.8, 4) is 11.5 Å². The van der Waals surface area contributed by atoms with Gasteiger partial charge in [-0.25, -0.2) is 9.79 Å². The second kappa shape index (κ2) is 10.8. The van der Waals surface area contributed by atoms with E-state index >= 15 is 0 Å². The van der Waals surface area contributed by atoms with E-state index in [0.29, 0.717) is 33.7 Å². The van der Waals surface area contributed by atoms with Crippen molar-refractivity contribution in [2.75, 3.05) is 18.6 Å². The fraction of sp³-hybridized carbons (Fsp3) is 0.188. The summed E-state index contributed by atoms with van der Waals surface area (Å²) in [6.07, 6.45) is 0. The number of nitrogens with zero attached hydrogens (tertiary/aromatic N) is 3.